The van der Waals surface area contributed by atoms with Gasteiger partial charge in [-0.25, -0.2) is 9.52 Å². The number of anilines is 2. The highest BCUT2D eigenvalue weighted by Gasteiger charge is 2.26. The van der Waals surface area contributed by atoms with Crippen molar-refractivity contribution in [2.75, 3.05) is 10.0 Å². The highest BCUT2D eigenvalue weighted by molar-refractivity contribution is 7.91. The lowest BCUT2D eigenvalue weighted by atomic mass is 9.99. The summed E-state index contributed by atoms with van der Waals surface area (Å²) in [4.78, 5) is 15.6. The van der Waals surface area contributed by atoms with E-state index >= 15 is 0 Å². The van der Waals surface area contributed by atoms with Crippen molar-refractivity contribution in [2.24, 2.45) is 0 Å². The predicted molar refractivity (Wildman–Crippen MR) is 113 cm³/mol. The van der Waals surface area contributed by atoms with Crippen LogP contribution in [0.1, 0.15) is 35.1 Å². The molecule has 2 amide bonds. The highest BCUT2D eigenvalue weighted by atomic mass is 32.2. The van der Waals surface area contributed by atoms with Gasteiger partial charge in [0.05, 0.1) is 5.69 Å². The Morgan fingerprint density at radius 3 is 2.38 bits per heavy atom. The van der Waals surface area contributed by atoms with Crippen LogP contribution in [0.2, 0.25) is 0 Å². The van der Waals surface area contributed by atoms with Crippen molar-refractivity contribution in [2.45, 2.75) is 38.5 Å². The summed E-state index contributed by atoms with van der Waals surface area (Å²) in [5, 5.41) is 3.81. The zero-order valence-electron chi connectivity index (χ0n) is 15.8. The van der Waals surface area contributed by atoms with Crippen LogP contribution >= 0.6 is 0 Å². The lowest BCUT2D eigenvalue weighted by Crippen LogP contribution is -2.38. The number of carbonyl (C=O) groups excluding carboxylic acids is 1. The molecule has 0 radical (unpaired) electrons. The van der Waals surface area contributed by atoms with Gasteiger partial charge < -0.3 is 10.3 Å². The van der Waals surface area contributed by atoms with E-state index < -0.39 is 16.2 Å². The molecule has 0 atom stereocenters. The Morgan fingerprint density at radius 2 is 1.66 bits per heavy atom. The quantitative estimate of drug-likeness (QED) is 0.528. The summed E-state index contributed by atoms with van der Waals surface area (Å²) in [5.41, 5.74) is 6.87. The van der Waals surface area contributed by atoms with Crippen LogP contribution in [-0.4, -0.2) is 19.4 Å². The number of benzene rings is 2. The van der Waals surface area contributed by atoms with Gasteiger partial charge in [-0.15, -0.1) is 0 Å². The molecule has 2 aromatic carbocycles. The third-order valence-corrected chi connectivity index (χ3v) is 6.70. The van der Waals surface area contributed by atoms with Gasteiger partial charge in [-0.3, -0.25) is 4.72 Å². The maximum absolute atomic E-state index is 12.5. The first-order chi connectivity index (χ1) is 14.0. The molecule has 0 bridgehead atoms. The first kappa shape index (κ1) is 18.1. The molecule has 0 saturated carbocycles. The van der Waals surface area contributed by atoms with Crippen molar-refractivity contribution in [3.05, 3.63) is 58.8 Å². The number of hydrogen-bond donors (Lipinski definition) is 4. The maximum Gasteiger partial charge on any atom is 0.334 e. The SMILES string of the molecule is O=C(Nc1c2c(cc3c1CCC3)CCC2)NS(=O)(=O)Nc1ccc2cc[nH]c2c1. The number of fused-ring (bicyclic) bond motifs is 3. The van der Waals surface area contributed by atoms with Gasteiger partial charge in [-0.1, -0.05) is 12.1 Å². The molecule has 150 valence electrons. The summed E-state index contributed by atoms with van der Waals surface area (Å²) in [6.45, 7) is 0. The average Bonchev–Trinajstić information content (AvgIpc) is 3.40. The average molecular weight is 410 g/mol. The van der Waals surface area contributed by atoms with Crippen molar-refractivity contribution in [3.63, 3.8) is 0 Å². The van der Waals surface area contributed by atoms with E-state index in [-0.39, 0.29) is 0 Å². The van der Waals surface area contributed by atoms with E-state index in [9.17, 15) is 13.2 Å². The fourth-order valence-electron chi connectivity index (χ4n) is 4.52. The second-order valence-corrected chi connectivity index (χ2v) is 9.09. The van der Waals surface area contributed by atoms with Gasteiger partial charge in [0.1, 0.15) is 0 Å². The molecule has 0 unspecified atom stereocenters. The van der Waals surface area contributed by atoms with Crippen LogP contribution in [0.3, 0.4) is 0 Å². The van der Waals surface area contributed by atoms with E-state index in [0.717, 1.165) is 66.2 Å². The van der Waals surface area contributed by atoms with Gasteiger partial charge in [0.25, 0.3) is 0 Å². The molecule has 1 aromatic heterocycles. The number of urea groups is 1. The van der Waals surface area contributed by atoms with Crippen molar-refractivity contribution in [1.29, 1.82) is 0 Å². The molecule has 0 spiro atoms. The van der Waals surface area contributed by atoms with Crippen molar-refractivity contribution < 1.29 is 13.2 Å². The third-order valence-electron chi connectivity index (χ3n) is 5.75. The summed E-state index contributed by atoms with van der Waals surface area (Å²) in [5.74, 6) is 0. The number of aryl methyl sites for hydroxylation is 2. The molecule has 8 heteroatoms. The Bertz CT molecular complexity index is 1200. The van der Waals surface area contributed by atoms with E-state index in [1.54, 1.807) is 24.4 Å². The van der Waals surface area contributed by atoms with Crippen LogP contribution in [-0.2, 0) is 35.9 Å². The Labute approximate surface area is 169 Å². The second kappa shape index (κ2) is 6.81. The van der Waals surface area contributed by atoms with Gasteiger partial charge >= 0.3 is 16.2 Å². The smallest absolute Gasteiger partial charge is 0.334 e. The molecule has 29 heavy (non-hydrogen) atoms. The molecule has 3 aromatic rings. The molecule has 5 rings (SSSR count). The number of nitrogens with one attached hydrogen (secondary N) is 4. The van der Waals surface area contributed by atoms with E-state index in [1.807, 2.05) is 6.07 Å². The van der Waals surface area contributed by atoms with Crippen molar-refractivity contribution >= 4 is 38.5 Å². The topological polar surface area (TPSA) is 103 Å². The number of aromatic amines is 1. The molecule has 2 aliphatic carbocycles. The zero-order valence-corrected chi connectivity index (χ0v) is 16.7. The van der Waals surface area contributed by atoms with Gasteiger partial charge in [-0.2, -0.15) is 8.42 Å². The van der Waals surface area contributed by atoms with Crippen LogP contribution in [0, 0.1) is 0 Å². The summed E-state index contributed by atoms with van der Waals surface area (Å²) in [6, 6.07) is 8.57. The molecule has 1 heterocycles. The minimum Gasteiger partial charge on any atom is -0.361 e. The lowest BCUT2D eigenvalue weighted by molar-refractivity contribution is 0.256. The summed E-state index contributed by atoms with van der Waals surface area (Å²) in [7, 11) is -4.06. The molecule has 0 saturated heterocycles. The fraction of sp³-hybridized carbons (Fsp3) is 0.286. The van der Waals surface area contributed by atoms with Crippen LogP contribution in [0.25, 0.3) is 10.9 Å². The maximum atomic E-state index is 12.5. The molecule has 7 nitrogen and oxygen atoms in total. The minimum atomic E-state index is -4.06. The van der Waals surface area contributed by atoms with Crippen LogP contribution in [0.15, 0.2) is 36.5 Å². The number of aromatic nitrogens is 1. The Balaban J connectivity index is 1.34. The largest absolute Gasteiger partial charge is 0.361 e. The van der Waals surface area contributed by atoms with Gasteiger partial charge in [0.2, 0.25) is 0 Å². The number of amides is 2. The second-order valence-electron chi connectivity index (χ2n) is 7.68. The Hall–Kier alpha value is -3.00. The molecule has 2 aliphatic rings. The molecular formula is C21H22N4O3S. The number of H-pyrrole nitrogens is 1. The van der Waals surface area contributed by atoms with E-state index in [4.69, 9.17) is 0 Å². The Kier molecular flexibility index (Phi) is 4.24. The monoisotopic (exact) mass is 410 g/mol. The normalized spacial score (nSPS) is 15.2. The van der Waals surface area contributed by atoms with Gasteiger partial charge in [-0.05, 0) is 84.4 Å². The number of rotatable bonds is 4. The Morgan fingerprint density at radius 1 is 0.931 bits per heavy atom. The van der Waals surface area contributed by atoms with E-state index in [2.05, 4.69) is 25.8 Å². The molecular weight excluding hydrogens is 388 g/mol. The minimum absolute atomic E-state index is 0.377. The van der Waals surface area contributed by atoms with Crippen molar-refractivity contribution in [1.82, 2.24) is 9.71 Å². The zero-order chi connectivity index (χ0) is 20.0. The summed E-state index contributed by atoms with van der Waals surface area (Å²) < 4.78 is 29.4. The van der Waals surface area contributed by atoms with E-state index in [1.165, 1.54) is 11.1 Å². The third kappa shape index (κ3) is 3.44. The standard InChI is InChI=1S/C21H22N4O3S/c26-21(23-20-17-5-1-3-14(17)11-15-4-2-6-18(15)20)25-29(27,28)24-16-8-7-13-9-10-22-19(13)12-16/h7-12,22,24H,1-6H2,(H2,23,25,26). The molecule has 0 aliphatic heterocycles. The van der Waals surface area contributed by atoms with Gasteiger partial charge in [0, 0.05) is 17.4 Å². The first-order valence-electron chi connectivity index (χ1n) is 9.84. The number of carbonyl (C=O) groups is 1. The van der Waals surface area contributed by atoms with Crippen molar-refractivity contribution in [3.8, 4) is 0 Å². The summed E-state index contributed by atoms with van der Waals surface area (Å²) >= 11 is 0. The van der Waals surface area contributed by atoms with Crippen LogP contribution in [0.5, 0.6) is 0 Å². The van der Waals surface area contributed by atoms with Crippen LogP contribution < -0.4 is 14.8 Å². The predicted octanol–water partition coefficient (Wildman–Crippen LogP) is 3.62. The number of hydrogen-bond acceptors (Lipinski definition) is 3. The highest BCUT2D eigenvalue weighted by Crippen LogP contribution is 2.38. The lowest BCUT2D eigenvalue weighted by Gasteiger charge is -2.17. The summed E-state index contributed by atoms with van der Waals surface area (Å²) in [6.07, 6.45) is 7.77. The van der Waals surface area contributed by atoms with Gasteiger partial charge in [0.15, 0.2) is 0 Å². The fourth-order valence-corrected chi connectivity index (χ4v) is 5.30. The molecule has 4 N–H and O–H groups in total. The van der Waals surface area contributed by atoms with E-state index in [0.29, 0.717) is 5.69 Å². The molecule has 0 fully saturated rings. The first-order valence-corrected chi connectivity index (χ1v) is 11.3. The van der Waals surface area contributed by atoms with Crippen LogP contribution in [0.4, 0.5) is 16.2 Å².